The summed E-state index contributed by atoms with van der Waals surface area (Å²) in [7, 11) is -3.99. The Morgan fingerprint density at radius 3 is 2.83 bits per heavy atom. The van der Waals surface area contributed by atoms with E-state index in [1.807, 2.05) is 25.1 Å². The Balaban J connectivity index is 1.80. The maximum absolute atomic E-state index is 12.3. The standard InChI is InChI=1S/C18H16N4O4S3/c1-3-7-22-13-5-4-12(2)9-14(13)28-18(22)21-16(24)11-29(25,26)10-15(23)20-17-19-6-8-27-17/h1,4-6,8-9H,7,10-11H2,2H3,(H,19,20,23). The van der Waals surface area contributed by atoms with Crippen LogP contribution in [0.5, 0.6) is 0 Å². The smallest absolute Gasteiger partial charge is 0.263 e. The Morgan fingerprint density at radius 1 is 1.34 bits per heavy atom. The summed E-state index contributed by atoms with van der Waals surface area (Å²) in [6.07, 6.45) is 6.90. The van der Waals surface area contributed by atoms with Crippen LogP contribution >= 0.6 is 22.7 Å². The number of fused-ring (bicyclic) bond motifs is 1. The first-order valence-electron chi connectivity index (χ1n) is 8.28. The zero-order valence-electron chi connectivity index (χ0n) is 15.3. The molecule has 2 heterocycles. The van der Waals surface area contributed by atoms with Gasteiger partial charge >= 0.3 is 0 Å². The molecule has 0 fully saturated rings. The fourth-order valence-corrected chi connectivity index (χ4v) is 5.23. The largest absolute Gasteiger partial charge is 0.305 e. The number of sulfone groups is 1. The normalized spacial score (nSPS) is 12.1. The predicted molar refractivity (Wildman–Crippen MR) is 113 cm³/mol. The Bertz CT molecular complexity index is 1280. The molecule has 2 aromatic heterocycles. The average molecular weight is 449 g/mol. The number of carbonyl (C=O) groups excluding carboxylic acids is 2. The molecule has 0 saturated carbocycles. The number of hydrogen-bond donors (Lipinski definition) is 1. The van der Waals surface area contributed by atoms with Gasteiger partial charge in [-0.1, -0.05) is 23.3 Å². The molecule has 8 nitrogen and oxygen atoms in total. The number of terminal acetylenes is 1. The van der Waals surface area contributed by atoms with Crippen LogP contribution in [0.2, 0.25) is 0 Å². The van der Waals surface area contributed by atoms with Gasteiger partial charge in [0, 0.05) is 11.6 Å². The van der Waals surface area contributed by atoms with Crippen LogP contribution in [-0.4, -0.2) is 41.3 Å². The third-order valence-corrected chi connectivity index (χ3v) is 6.80. The minimum atomic E-state index is -3.99. The molecule has 0 unspecified atom stereocenters. The van der Waals surface area contributed by atoms with Gasteiger partial charge in [0.05, 0.1) is 16.8 Å². The van der Waals surface area contributed by atoms with Crippen LogP contribution in [0.25, 0.3) is 10.2 Å². The van der Waals surface area contributed by atoms with Crippen LogP contribution in [-0.2, 0) is 26.0 Å². The lowest BCUT2D eigenvalue weighted by Gasteiger charge is -2.02. The fourth-order valence-electron chi connectivity index (χ4n) is 2.53. The van der Waals surface area contributed by atoms with Crippen molar-refractivity contribution in [2.45, 2.75) is 13.5 Å². The summed E-state index contributed by atoms with van der Waals surface area (Å²) in [5.41, 5.74) is 1.86. The van der Waals surface area contributed by atoms with Crippen molar-refractivity contribution in [2.75, 3.05) is 16.8 Å². The van der Waals surface area contributed by atoms with Crippen molar-refractivity contribution >= 4 is 59.7 Å². The Kier molecular flexibility index (Phi) is 6.26. The van der Waals surface area contributed by atoms with Crippen LogP contribution in [0.1, 0.15) is 5.56 Å². The van der Waals surface area contributed by atoms with Crippen LogP contribution in [0.15, 0.2) is 34.8 Å². The molecule has 0 bridgehead atoms. The van der Waals surface area contributed by atoms with Gasteiger partial charge in [-0.25, -0.2) is 13.4 Å². The number of nitrogens with one attached hydrogen (secondary N) is 1. The van der Waals surface area contributed by atoms with E-state index in [2.05, 4.69) is 21.2 Å². The topological polar surface area (TPSA) is 110 Å². The molecule has 0 atom stereocenters. The van der Waals surface area contributed by atoms with Crippen LogP contribution in [0, 0.1) is 19.3 Å². The molecular weight excluding hydrogens is 432 g/mol. The second-order valence-corrected chi connectivity index (χ2v) is 10.0. The number of thiazole rings is 2. The first-order chi connectivity index (χ1) is 13.8. The number of nitrogens with zero attached hydrogens (tertiary/aromatic N) is 3. The van der Waals surface area contributed by atoms with E-state index in [9.17, 15) is 18.0 Å². The summed E-state index contributed by atoms with van der Waals surface area (Å²) in [6, 6.07) is 5.73. The molecule has 29 heavy (non-hydrogen) atoms. The van der Waals surface area contributed by atoms with Gasteiger partial charge in [0.2, 0.25) is 5.91 Å². The maximum Gasteiger partial charge on any atom is 0.263 e. The van der Waals surface area contributed by atoms with Crippen LogP contribution < -0.4 is 10.1 Å². The van der Waals surface area contributed by atoms with E-state index in [-0.39, 0.29) is 11.7 Å². The highest BCUT2D eigenvalue weighted by atomic mass is 32.2. The summed E-state index contributed by atoms with van der Waals surface area (Å²) in [5.74, 6) is -0.812. The van der Waals surface area contributed by atoms with E-state index in [4.69, 9.17) is 6.42 Å². The molecule has 1 N–H and O–H groups in total. The predicted octanol–water partition coefficient (Wildman–Crippen LogP) is 1.58. The van der Waals surface area contributed by atoms with Gasteiger partial charge in [-0.2, -0.15) is 4.99 Å². The Hall–Kier alpha value is -2.81. The van der Waals surface area contributed by atoms with Gasteiger partial charge in [-0.3, -0.25) is 9.59 Å². The number of hydrogen-bond acceptors (Lipinski definition) is 7. The third kappa shape index (κ3) is 5.38. The highest BCUT2D eigenvalue weighted by molar-refractivity contribution is 7.92. The number of aromatic nitrogens is 2. The summed E-state index contributed by atoms with van der Waals surface area (Å²) in [4.78, 5) is 32.2. The van der Waals surface area contributed by atoms with Crippen molar-refractivity contribution in [3.63, 3.8) is 0 Å². The number of anilines is 1. The monoisotopic (exact) mass is 448 g/mol. The average Bonchev–Trinajstić information content (AvgIpc) is 3.22. The molecule has 0 spiro atoms. The van der Waals surface area contributed by atoms with Gasteiger partial charge in [0.1, 0.15) is 11.5 Å². The van der Waals surface area contributed by atoms with Crippen LogP contribution in [0.4, 0.5) is 5.13 Å². The van der Waals surface area contributed by atoms with E-state index < -0.39 is 33.2 Å². The lowest BCUT2D eigenvalue weighted by Crippen LogP contribution is -2.28. The third-order valence-electron chi connectivity index (χ3n) is 3.68. The molecule has 1 aromatic carbocycles. The molecule has 0 aliphatic heterocycles. The lowest BCUT2D eigenvalue weighted by molar-refractivity contribution is -0.115. The second kappa shape index (κ2) is 8.69. The van der Waals surface area contributed by atoms with E-state index in [1.165, 1.54) is 17.5 Å². The number of benzene rings is 1. The molecule has 11 heteroatoms. The minimum absolute atomic E-state index is 0.193. The zero-order chi connectivity index (χ0) is 21.0. The van der Waals surface area contributed by atoms with Gasteiger partial charge in [-0.05, 0) is 24.6 Å². The van der Waals surface area contributed by atoms with Gasteiger partial charge < -0.3 is 9.88 Å². The molecule has 0 saturated heterocycles. The lowest BCUT2D eigenvalue weighted by atomic mass is 10.2. The van der Waals surface area contributed by atoms with E-state index >= 15 is 0 Å². The van der Waals surface area contributed by atoms with E-state index in [0.717, 1.165) is 27.1 Å². The molecule has 3 rings (SSSR count). The summed E-state index contributed by atoms with van der Waals surface area (Å²) in [6.45, 7) is 2.13. The molecule has 150 valence electrons. The Labute approximate surface area is 174 Å². The SMILES string of the molecule is C#CCn1c(=NC(=O)CS(=O)(=O)CC(=O)Nc2nccs2)sc2cc(C)ccc21. The van der Waals surface area contributed by atoms with Crippen LogP contribution in [0.3, 0.4) is 0 Å². The van der Waals surface area contributed by atoms with Crippen molar-refractivity contribution in [3.05, 3.63) is 40.1 Å². The highest BCUT2D eigenvalue weighted by Gasteiger charge is 2.21. The van der Waals surface area contributed by atoms with Crippen molar-refractivity contribution in [1.29, 1.82) is 0 Å². The molecule has 0 radical (unpaired) electrons. The fraction of sp³-hybridized carbons (Fsp3) is 0.222. The molecular formula is C18H16N4O4S3. The number of carbonyl (C=O) groups is 2. The molecule has 2 amide bonds. The first-order valence-corrected chi connectivity index (χ1v) is 11.8. The zero-order valence-corrected chi connectivity index (χ0v) is 17.7. The van der Waals surface area contributed by atoms with Gasteiger partial charge in [-0.15, -0.1) is 17.8 Å². The number of rotatable bonds is 6. The Morgan fingerprint density at radius 2 is 2.14 bits per heavy atom. The summed E-state index contributed by atoms with van der Waals surface area (Å²) >= 11 is 2.41. The van der Waals surface area contributed by atoms with Crippen molar-refractivity contribution < 1.29 is 18.0 Å². The molecule has 3 aromatic rings. The number of amides is 2. The molecule has 0 aliphatic rings. The maximum atomic E-state index is 12.3. The summed E-state index contributed by atoms with van der Waals surface area (Å²) < 4.78 is 27.0. The summed E-state index contributed by atoms with van der Waals surface area (Å²) in [5, 5.41) is 4.31. The van der Waals surface area contributed by atoms with Crippen molar-refractivity contribution in [2.24, 2.45) is 4.99 Å². The van der Waals surface area contributed by atoms with Gasteiger partial charge in [0.25, 0.3) is 5.91 Å². The highest BCUT2D eigenvalue weighted by Crippen LogP contribution is 2.18. The van der Waals surface area contributed by atoms with Crippen molar-refractivity contribution in [3.8, 4) is 12.3 Å². The van der Waals surface area contributed by atoms with E-state index in [1.54, 1.807) is 9.95 Å². The quantitative estimate of drug-likeness (QED) is 0.576. The molecule has 0 aliphatic carbocycles. The van der Waals surface area contributed by atoms with Gasteiger partial charge in [0.15, 0.2) is 19.8 Å². The minimum Gasteiger partial charge on any atom is -0.305 e. The van der Waals surface area contributed by atoms with E-state index in [0.29, 0.717) is 4.80 Å². The van der Waals surface area contributed by atoms with Crippen molar-refractivity contribution in [1.82, 2.24) is 9.55 Å². The second-order valence-electron chi connectivity index (χ2n) is 6.07. The first kappa shape index (κ1) is 20.9. The number of aryl methyl sites for hydroxylation is 1.